The first kappa shape index (κ1) is 22.5. The first-order valence-corrected chi connectivity index (χ1v) is 10.3. The molecule has 11 heteroatoms. The minimum atomic E-state index is -0.763. The Morgan fingerprint density at radius 1 is 1.03 bits per heavy atom. The number of hydrogen-bond acceptors (Lipinski definition) is 6. The number of carbonyl (C=O) groups excluding carboxylic acids is 1. The minimum absolute atomic E-state index is 0.00256. The molecule has 0 aliphatic carbocycles. The predicted octanol–water partition coefficient (Wildman–Crippen LogP) is 0.773. The number of pyridine rings is 1. The second-order valence-corrected chi connectivity index (χ2v) is 7.26. The van der Waals surface area contributed by atoms with Crippen molar-refractivity contribution >= 4 is 5.91 Å². The number of benzene rings is 1. The molecule has 0 saturated heterocycles. The van der Waals surface area contributed by atoms with Crippen LogP contribution < -0.4 is 22.1 Å². The Balaban J connectivity index is 1.46. The highest BCUT2D eigenvalue weighted by molar-refractivity contribution is 5.93. The Hall–Kier alpha value is -4.67. The van der Waals surface area contributed by atoms with E-state index in [2.05, 4.69) is 20.4 Å². The number of nitrogens with zero attached hydrogens (tertiary/aromatic N) is 4. The van der Waals surface area contributed by atoms with Gasteiger partial charge < -0.3 is 10.3 Å². The van der Waals surface area contributed by atoms with Crippen molar-refractivity contribution in [1.82, 2.24) is 29.6 Å². The molecule has 0 atom stereocenters. The summed E-state index contributed by atoms with van der Waals surface area (Å²) in [6.07, 6.45) is 2.58. The highest BCUT2D eigenvalue weighted by Crippen LogP contribution is 2.15. The molecule has 0 aliphatic rings. The van der Waals surface area contributed by atoms with Gasteiger partial charge in [-0.1, -0.05) is 6.07 Å². The molecule has 0 spiro atoms. The number of aromatic amines is 1. The molecule has 4 aromatic rings. The third-order valence-electron chi connectivity index (χ3n) is 4.97. The fraction of sp³-hybridized carbons (Fsp3) is 0.130. The molecular formula is C23H19FN6O4. The van der Waals surface area contributed by atoms with Gasteiger partial charge >= 0.3 is 5.69 Å². The number of rotatable bonds is 7. The molecular weight excluding hydrogens is 443 g/mol. The van der Waals surface area contributed by atoms with Gasteiger partial charge in [0.15, 0.2) is 0 Å². The maximum atomic E-state index is 13.2. The molecule has 0 unspecified atom stereocenters. The van der Waals surface area contributed by atoms with E-state index in [4.69, 9.17) is 0 Å². The van der Waals surface area contributed by atoms with E-state index in [1.807, 2.05) is 0 Å². The van der Waals surface area contributed by atoms with Gasteiger partial charge in [-0.25, -0.2) is 13.9 Å². The highest BCUT2D eigenvalue weighted by Gasteiger charge is 2.15. The summed E-state index contributed by atoms with van der Waals surface area (Å²) < 4.78 is 15.2. The van der Waals surface area contributed by atoms with Crippen LogP contribution in [0.5, 0.6) is 0 Å². The van der Waals surface area contributed by atoms with Gasteiger partial charge in [0, 0.05) is 30.6 Å². The van der Waals surface area contributed by atoms with E-state index in [1.165, 1.54) is 30.5 Å². The van der Waals surface area contributed by atoms with Crippen molar-refractivity contribution in [2.24, 2.45) is 0 Å². The number of hydrogen-bond donors (Lipinski definition) is 2. The molecule has 0 radical (unpaired) electrons. The normalized spacial score (nSPS) is 10.7. The molecule has 34 heavy (non-hydrogen) atoms. The van der Waals surface area contributed by atoms with E-state index >= 15 is 0 Å². The second-order valence-electron chi connectivity index (χ2n) is 7.26. The Morgan fingerprint density at radius 3 is 2.56 bits per heavy atom. The molecule has 172 valence electrons. The van der Waals surface area contributed by atoms with E-state index in [-0.39, 0.29) is 36.6 Å². The summed E-state index contributed by atoms with van der Waals surface area (Å²) in [6, 6.07) is 13.6. The van der Waals surface area contributed by atoms with Crippen molar-refractivity contribution in [2.75, 3.05) is 6.54 Å². The van der Waals surface area contributed by atoms with E-state index < -0.39 is 17.2 Å². The average molecular weight is 462 g/mol. The van der Waals surface area contributed by atoms with Gasteiger partial charge in [0.05, 0.1) is 24.5 Å². The standard InChI is InChI=1S/C23H19FN6O4/c24-16-6-4-15(5-7-16)19-8-9-20(31)30(28-19)12-11-26-21(32)18-13-27-23(34)29(22(18)33)14-17-3-1-2-10-25-17/h1-10,13H,11-12,14H2,(H,26,32)(H,27,34). The van der Waals surface area contributed by atoms with Crippen molar-refractivity contribution in [3.8, 4) is 11.3 Å². The summed E-state index contributed by atoms with van der Waals surface area (Å²) >= 11 is 0. The van der Waals surface area contributed by atoms with Crippen LogP contribution in [-0.4, -0.2) is 36.8 Å². The Morgan fingerprint density at radius 2 is 1.82 bits per heavy atom. The molecule has 3 heterocycles. The van der Waals surface area contributed by atoms with Gasteiger partial charge in [0.2, 0.25) is 0 Å². The van der Waals surface area contributed by atoms with E-state index in [9.17, 15) is 23.6 Å². The van der Waals surface area contributed by atoms with Crippen LogP contribution in [0.25, 0.3) is 11.3 Å². The topological polar surface area (TPSA) is 132 Å². The zero-order chi connectivity index (χ0) is 24.1. The van der Waals surface area contributed by atoms with Gasteiger partial charge in [-0.05, 0) is 42.5 Å². The first-order chi connectivity index (χ1) is 16.4. The Bertz CT molecular complexity index is 1490. The number of amides is 1. The van der Waals surface area contributed by atoms with E-state index in [0.29, 0.717) is 17.0 Å². The fourth-order valence-electron chi connectivity index (χ4n) is 3.23. The first-order valence-electron chi connectivity index (χ1n) is 10.3. The molecule has 0 saturated carbocycles. The van der Waals surface area contributed by atoms with Crippen LogP contribution >= 0.6 is 0 Å². The molecule has 1 amide bonds. The predicted molar refractivity (Wildman–Crippen MR) is 121 cm³/mol. The van der Waals surface area contributed by atoms with Crippen molar-refractivity contribution in [1.29, 1.82) is 0 Å². The van der Waals surface area contributed by atoms with Crippen molar-refractivity contribution < 1.29 is 9.18 Å². The van der Waals surface area contributed by atoms with Crippen LogP contribution in [0.1, 0.15) is 16.1 Å². The number of carbonyl (C=O) groups is 1. The van der Waals surface area contributed by atoms with E-state index in [0.717, 1.165) is 15.4 Å². The van der Waals surface area contributed by atoms with Crippen LogP contribution in [0, 0.1) is 5.82 Å². The summed E-state index contributed by atoms with van der Waals surface area (Å²) in [5.41, 5.74) is -0.497. The Kier molecular flexibility index (Phi) is 6.53. The lowest BCUT2D eigenvalue weighted by Gasteiger charge is -2.09. The zero-order valence-electron chi connectivity index (χ0n) is 17.8. The zero-order valence-corrected chi connectivity index (χ0v) is 17.8. The maximum Gasteiger partial charge on any atom is 0.328 e. The largest absolute Gasteiger partial charge is 0.350 e. The number of aromatic nitrogens is 5. The molecule has 2 N–H and O–H groups in total. The fourth-order valence-corrected chi connectivity index (χ4v) is 3.23. The summed E-state index contributed by atoms with van der Waals surface area (Å²) in [5, 5.41) is 6.80. The van der Waals surface area contributed by atoms with Crippen LogP contribution in [0.2, 0.25) is 0 Å². The number of nitrogens with one attached hydrogen (secondary N) is 2. The van der Waals surface area contributed by atoms with Crippen LogP contribution in [0.3, 0.4) is 0 Å². The summed E-state index contributed by atoms with van der Waals surface area (Å²) in [5.74, 6) is -1.10. The summed E-state index contributed by atoms with van der Waals surface area (Å²) in [7, 11) is 0. The molecule has 0 aliphatic heterocycles. The molecule has 1 aromatic carbocycles. The van der Waals surface area contributed by atoms with Gasteiger partial charge in [-0.2, -0.15) is 5.10 Å². The van der Waals surface area contributed by atoms with Gasteiger partial charge in [0.25, 0.3) is 17.0 Å². The lowest BCUT2D eigenvalue weighted by Crippen LogP contribution is -2.41. The number of H-pyrrole nitrogens is 1. The van der Waals surface area contributed by atoms with Crippen LogP contribution in [0.4, 0.5) is 4.39 Å². The van der Waals surface area contributed by atoms with Crippen LogP contribution in [-0.2, 0) is 13.1 Å². The third kappa shape index (κ3) is 5.04. The second kappa shape index (κ2) is 9.86. The molecule has 0 bridgehead atoms. The van der Waals surface area contributed by atoms with Crippen molar-refractivity contribution in [3.05, 3.63) is 115 Å². The molecule has 3 aromatic heterocycles. The van der Waals surface area contributed by atoms with Gasteiger partial charge in [0.1, 0.15) is 11.4 Å². The Labute approximate surface area is 191 Å². The third-order valence-corrected chi connectivity index (χ3v) is 4.97. The molecule has 10 nitrogen and oxygen atoms in total. The molecule has 0 fully saturated rings. The smallest absolute Gasteiger partial charge is 0.328 e. The van der Waals surface area contributed by atoms with Gasteiger partial charge in [-0.3, -0.25) is 23.9 Å². The summed E-state index contributed by atoms with van der Waals surface area (Å²) in [6.45, 7) is -0.0614. The highest BCUT2D eigenvalue weighted by atomic mass is 19.1. The summed E-state index contributed by atoms with van der Waals surface area (Å²) in [4.78, 5) is 56.0. The average Bonchev–Trinajstić information content (AvgIpc) is 2.84. The van der Waals surface area contributed by atoms with E-state index in [1.54, 1.807) is 30.3 Å². The lowest BCUT2D eigenvalue weighted by molar-refractivity contribution is 0.0949. The molecule has 4 rings (SSSR count). The van der Waals surface area contributed by atoms with Crippen molar-refractivity contribution in [3.63, 3.8) is 0 Å². The van der Waals surface area contributed by atoms with Crippen molar-refractivity contribution in [2.45, 2.75) is 13.1 Å². The van der Waals surface area contributed by atoms with Crippen LogP contribution in [0.15, 0.2) is 81.4 Å². The quantitative estimate of drug-likeness (QED) is 0.417. The SMILES string of the molecule is O=C(NCCn1nc(-c2ccc(F)cc2)ccc1=O)c1c[nH]c(=O)n(Cc2ccccn2)c1=O. The van der Waals surface area contributed by atoms with Gasteiger partial charge in [-0.15, -0.1) is 0 Å². The monoisotopic (exact) mass is 462 g/mol. The lowest BCUT2D eigenvalue weighted by atomic mass is 10.1. The maximum absolute atomic E-state index is 13.2. The number of halogens is 1. The minimum Gasteiger partial charge on any atom is -0.350 e.